The summed E-state index contributed by atoms with van der Waals surface area (Å²) >= 11 is 0. The summed E-state index contributed by atoms with van der Waals surface area (Å²) in [4.78, 5) is 14.2. The number of carbonyl (C=O) groups is 1. The average molecular weight is 279 g/mol. The number of carbonyl (C=O) groups excluding carboxylic acids is 1. The maximum Gasteiger partial charge on any atom is 0.257 e. The first-order chi connectivity index (χ1) is 9.41. The van der Waals surface area contributed by atoms with E-state index in [1.165, 1.54) is 0 Å². The molecule has 1 fully saturated rings. The molecule has 1 N–H and O–H groups in total. The number of rotatable bonds is 6. The van der Waals surface area contributed by atoms with Gasteiger partial charge in [0.25, 0.3) is 5.91 Å². The van der Waals surface area contributed by atoms with E-state index in [1.807, 2.05) is 4.68 Å². The second-order valence-corrected chi connectivity index (χ2v) is 6.12. The van der Waals surface area contributed by atoms with Gasteiger partial charge in [0, 0.05) is 25.6 Å². The van der Waals surface area contributed by atoms with Crippen molar-refractivity contribution in [1.82, 2.24) is 14.7 Å². The van der Waals surface area contributed by atoms with E-state index in [1.54, 1.807) is 25.1 Å². The quantitative estimate of drug-likeness (QED) is 0.868. The van der Waals surface area contributed by atoms with Crippen LogP contribution >= 0.6 is 0 Å². The summed E-state index contributed by atoms with van der Waals surface area (Å²) in [5.41, 5.74) is 1.82. The molecular formula is C15H25N3O2. The molecule has 0 aliphatic heterocycles. The van der Waals surface area contributed by atoms with Gasteiger partial charge in [0.05, 0.1) is 23.6 Å². The van der Waals surface area contributed by atoms with Crippen molar-refractivity contribution in [2.24, 2.45) is 0 Å². The number of aromatic nitrogens is 2. The molecule has 5 heteroatoms. The number of nitrogens with zero attached hydrogens (tertiary/aromatic N) is 3. The van der Waals surface area contributed by atoms with Crippen LogP contribution in [-0.2, 0) is 0 Å². The van der Waals surface area contributed by atoms with Crippen molar-refractivity contribution >= 4 is 5.91 Å². The van der Waals surface area contributed by atoms with E-state index in [4.69, 9.17) is 0 Å². The summed E-state index contributed by atoms with van der Waals surface area (Å²) < 4.78 is 1.98. The van der Waals surface area contributed by atoms with E-state index in [0.29, 0.717) is 18.9 Å². The maximum atomic E-state index is 12.5. The standard InChI is InChI=1S/C15H25N3O2/c1-10(2)18-14(12-5-6-12)13(9-16-18)15(20)17(4)8-7-11(3)19/h9-12,19H,5-8H2,1-4H3. The number of aliphatic hydroxyl groups is 1. The Labute approximate surface area is 120 Å². The fourth-order valence-corrected chi connectivity index (χ4v) is 2.40. The lowest BCUT2D eigenvalue weighted by atomic mass is 10.1. The molecule has 0 radical (unpaired) electrons. The SMILES string of the molecule is CC(O)CCN(C)C(=O)c1cnn(C(C)C)c1C1CC1. The van der Waals surface area contributed by atoms with Gasteiger partial charge in [0.15, 0.2) is 0 Å². The summed E-state index contributed by atoms with van der Waals surface area (Å²) in [6.07, 6.45) is 4.21. The first-order valence-electron chi connectivity index (χ1n) is 7.42. The van der Waals surface area contributed by atoms with Gasteiger partial charge in [-0.2, -0.15) is 5.10 Å². The highest BCUT2D eigenvalue weighted by Gasteiger charge is 2.33. The minimum Gasteiger partial charge on any atom is -0.393 e. The van der Waals surface area contributed by atoms with E-state index >= 15 is 0 Å². The molecule has 20 heavy (non-hydrogen) atoms. The van der Waals surface area contributed by atoms with Gasteiger partial charge >= 0.3 is 0 Å². The minimum absolute atomic E-state index is 0.0134. The lowest BCUT2D eigenvalue weighted by Gasteiger charge is -2.19. The van der Waals surface area contributed by atoms with Crippen molar-refractivity contribution in [2.75, 3.05) is 13.6 Å². The molecule has 1 unspecified atom stereocenters. The predicted octanol–water partition coefficient (Wildman–Crippen LogP) is 2.18. The van der Waals surface area contributed by atoms with Gasteiger partial charge in [0.1, 0.15) is 0 Å². The first-order valence-corrected chi connectivity index (χ1v) is 7.42. The monoisotopic (exact) mass is 279 g/mol. The lowest BCUT2D eigenvalue weighted by Crippen LogP contribution is -2.30. The van der Waals surface area contributed by atoms with E-state index in [2.05, 4.69) is 18.9 Å². The third-order valence-corrected chi connectivity index (χ3v) is 3.75. The van der Waals surface area contributed by atoms with Gasteiger partial charge in [-0.05, 0) is 40.0 Å². The molecule has 0 aromatic carbocycles. The maximum absolute atomic E-state index is 12.5. The third kappa shape index (κ3) is 3.20. The molecule has 0 bridgehead atoms. The van der Waals surface area contributed by atoms with Gasteiger partial charge in [-0.25, -0.2) is 0 Å². The van der Waals surface area contributed by atoms with Crippen LogP contribution in [0.1, 0.15) is 68.0 Å². The van der Waals surface area contributed by atoms with Crippen molar-refractivity contribution in [3.63, 3.8) is 0 Å². The summed E-state index contributed by atoms with van der Waals surface area (Å²) in [7, 11) is 1.79. The van der Waals surface area contributed by atoms with Gasteiger partial charge in [-0.15, -0.1) is 0 Å². The Morgan fingerprint density at radius 2 is 2.15 bits per heavy atom. The number of hydrogen-bond acceptors (Lipinski definition) is 3. The zero-order valence-electron chi connectivity index (χ0n) is 12.8. The van der Waals surface area contributed by atoms with Gasteiger partial charge in [-0.3, -0.25) is 9.48 Å². The average Bonchev–Trinajstić information content (AvgIpc) is 3.13. The van der Waals surface area contributed by atoms with Crippen molar-refractivity contribution in [1.29, 1.82) is 0 Å². The highest BCUT2D eigenvalue weighted by atomic mass is 16.3. The zero-order chi connectivity index (χ0) is 14.9. The Hall–Kier alpha value is -1.36. The van der Waals surface area contributed by atoms with Crippen LogP contribution in [0, 0.1) is 0 Å². The summed E-state index contributed by atoms with van der Waals surface area (Å²) in [6, 6.07) is 0.273. The topological polar surface area (TPSA) is 58.4 Å². The number of aliphatic hydroxyl groups excluding tert-OH is 1. The Kier molecular flexibility index (Phi) is 4.48. The van der Waals surface area contributed by atoms with Crippen LogP contribution in [0.2, 0.25) is 0 Å². The third-order valence-electron chi connectivity index (χ3n) is 3.75. The van der Waals surface area contributed by atoms with Crippen LogP contribution in [-0.4, -0.2) is 45.4 Å². The fourth-order valence-electron chi connectivity index (χ4n) is 2.40. The van der Waals surface area contributed by atoms with Crippen LogP contribution < -0.4 is 0 Å². The molecular weight excluding hydrogens is 254 g/mol. The van der Waals surface area contributed by atoms with Crippen LogP contribution in [0.4, 0.5) is 0 Å². The zero-order valence-corrected chi connectivity index (χ0v) is 12.8. The Bertz CT molecular complexity index is 475. The second kappa shape index (κ2) is 5.95. The van der Waals surface area contributed by atoms with Crippen molar-refractivity contribution in [2.45, 2.75) is 58.1 Å². The van der Waals surface area contributed by atoms with E-state index in [0.717, 1.165) is 24.1 Å². The fraction of sp³-hybridized carbons (Fsp3) is 0.733. The van der Waals surface area contributed by atoms with Gasteiger partial charge in [0.2, 0.25) is 0 Å². The molecule has 2 rings (SSSR count). The first kappa shape index (κ1) is 15.0. The molecule has 0 spiro atoms. The predicted molar refractivity (Wildman–Crippen MR) is 77.8 cm³/mol. The number of hydrogen-bond donors (Lipinski definition) is 1. The molecule has 0 saturated heterocycles. The Morgan fingerprint density at radius 3 is 2.65 bits per heavy atom. The second-order valence-electron chi connectivity index (χ2n) is 6.12. The summed E-state index contributed by atoms with van der Waals surface area (Å²) in [5, 5.41) is 13.7. The number of amides is 1. The normalized spacial score (nSPS) is 16.5. The Balaban J connectivity index is 2.17. The van der Waals surface area contributed by atoms with Crippen LogP contribution in [0.15, 0.2) is 6.20 Å². The molecule has 1 atom stereocenters. The minimum atomic E-state index is -0.383. The molecule has 1 amide bonds. The van der Waals surface area contributed by atoms with Crippen molar-refractivity contribution < 1.29 is 9.90 Å². The molecule has 5 nitrogen and oxygen atoms in total. The van der Waals surface area contributed by atoms with Crippen LogP contribution in [0.5, 0.6) is 0 Å². The lowest BCUT2D eigenvalue weighted by molar-refractivity contribution is 0.0767. The molecule has 1 heterocycles. The van der Waals surface area contributed by atoms with Crippen LogP contribution in [0.3, 0.4) is 0 Å². The van der Waals surface area contributed by atoms with Gasteiger partial charge in [-0.1, -0.05) is 0 Å². The van der Waals surface area contributed by atoms with Crippen molar-refractivity contribution in [3.8, 4) is 0 Å². The largest absolute Gasteiger partial charge is 0.393 e. The van der Waals surface area contributed by atoms with Crippen molar-refractivity contribution in [3.05, 3.63) is 17.5 Å². The smallest absolute Gasteiger partial charge is 0.257 e. The summed E-state index contributed by atoms with van der Waals surface area (Å²) in [5.74, 6) is 0.503. The van der Waals surface area contributed by atoms with E-state index in [9.17, 15) is 9.90 Å². The molecule has 1 aromatic heterocycles. The highest BCUT2D eigenvalue weighted by molar-refractivity contribution is 5.95. The van der Waals surface area contributed by atoms with E-state index < -0.39 is 0 Å². The summed E-state index contributed by atoms with van der Waals surface area (Å²) in [6.45, 7) is 6.48. The Morgan fingerprint density at radius 1 is 1.50 bits per heavy atom. The molecule has 1 saturated carbocycles. The highest BCUT2D eigenvalue weighted by Crippen LogP contribution is 2.42. The molecule has 1 aliphatic carbocycles. The molecule has 112 valence electrons. The van der Waals surface area contributed by atoms with Crippen LogP contribution in [0.25, 0.3) is 0 Å². The van der Waals surface area contributed by atoms with Gasteiger partial charge < -0.3 is 10.0 Å². The molecule has 1 aliphatic rings. The van der Waals surface area contributed by atoms with E-state index in [-0.39, 0.29) is 18.1 Å². The molecule has 1 aromatic rings.